The zero-order chi connectivity index (χ0) is 23.0. The first-order valence-electron chi connectivity index (χ1n) is 10.2. The van der Waals surface area contributed by atoms with Crippen molar-refractivity contribution >= 4 is 11.6 Å². The Labute approximate surface area is 177 Å². The number of ether oxygens (including phenoxy) is 2. The van der Waals surface area contributed by atoms with Crippen molar-refractivity contribution in [1.29, 1.82) is 0 Å². The standard InChI is InChI=1S/C14H24O3.C9H9F3O/c1-5-6-13(11(2)15)7-9-14(17-4,10-8-13)12(3)16;1-7-2-4-8(5-3-7)13-6-9(10,11)12/h5-10H2,1-4H3;2-5H,6H2,1H3. The van der Waals surface area contributed by atoms with E-state index in [1.165, 1.54) is 12.1 Å². The molecule has 1 saturated carbocycles. The second-order valence-corrected chi connectivity index (χ2v) is 8.06. The van der Waals surface area contributed by atoms with Crippen LogP contribution in [0.3, 0.4) is 0 Å². The van der Waals surface area contributed by atoms with Gasteiger partial charge < -0.3 is 9.47 Å². The van der Waals surface area contributed by atoms with Gasteiger partial charge in [0.05, 0.1) is 0 Å². The third kappa shape index (κ3) is 7.42. The van der Waals surface area contributed by atoms with Gasteiger partial charge in [0.25, 0.3) is 0 Å². The first-order valence-corrected chi connectivity index (χ1v) is 10.2. The van der Waals surface area contributed by atoms with Gasteiger partial charge in [0.1, 0.15) is 17.1 Å². The number of hydrogen-bond acceptors (Lipinski definition) is 4. The fourth-order valence-electron chi connectivity index (χ4n) is 3.89. The maximum atomic E-state index is 11.9. The smallest absolute Gasteiger partial charge is 0.422 e. The van der Waals surface area contributed by atoms with Gasteiger partial charge in [-0.1, -0.05) is 31.0 Å². The molecule has 0 heterocycles. The minimum Gasteiger partial charge on any atom is -0.484 e. The Morgan fingerprint density at radius 2 is 1.53 bits per heavy atom. The predicted molar refractivity (Wildman–Crippen MR) is 110 cm³/mol. The molecular weight excluding hydrogens is 397 g/mol. The molecule has 1 aliphatic carbocycles. The third-order valence-corrected chi connectivity index (χ3v) is 5.95. The summed E-state index contributed by atoms with van der Waals surface area (Å²) in [5.41, 5.74) is 0.151. The molecule has 0 aliphatic heterocycles. The van der Waals surface area contributed by atoms with Crippen LogP contribution in [0.2, 0.25) is 0 Å². The molecule has 0 unspecified atom stereocenters. The van der Waals surface area contributed by atoms with E-state index in [4.69, 9.17) is 4.74 Å². The zero-order valence-corrected chi connectivity index (χ0v) is 18.5. The van der Waals surface area contributed by atoms with Crippen LogP contribution < -0.4 is 4.74 Å². The van der Waals surface area contributed by atoms with E-state index in [0.29, 0.717) is 12.8 Å². The average molecular weight is 431 g/mol. The number of carbonyl (C=O) groups excluding carboxylic acids is 2. The molecule has 170 valence electrons. The molecule has 1 fully saturated rings. The SMILES string of the molecule is CCCC1(C(C)=O)CCC(OC)(C(C)=O)CC1.Cc1ccc(OCC(F)(F)F)cc1. The highest BCUT2D eigenvalue weighted by Gasteiger charge is 2.47. The van der Waals surface area contributed by atoms with E-state index in [0.717, 1.165) is 31.2 Å². The fraction of sp³-hybridized carbons (Fsp3) is 0.652. The molecule has 0 amide bonds. The molecule has 30 heavy (non-hydrogen) atoms. The van der Waals surface area contributed by atoms with Crippen LogP contribution in [0.1, 0.15) is 64.9 Å². The van der Waals surface area contributed by atoms with E-state index in [-0.39, 0.29) is 22.7 Å². The molecule has 0 radical (unpaired) electrons. The Kier molecular flexibility index (Phi) is 9.53. The average Bonchev–Trinajstić information content (AvgIpc) is 2.68. The first kappa shape index (κ1) is 26.1. The van der Waals surface area contributed by atoms with Crippen molar-refractivity contribution < 1.29 is 32.2 Å². The van der Waals surface area contributed by atoms with Crippen LogP contribution in [0.15, 0.2) is 24.3 Å². The second-order valence-electron chi connectivity index (χ2n) is 8.06. The number of rotatable bonds is 7. The Hall–Kier alpha value is -1.89. The monoisotopic (exact) mass is 430 g/mol. The summed E-state index contributed by atoms with van der Waals surface area (Å²) in [4.78, 5) is 23.5. The van der Waals surface area contributed by atoms with Crippen LogP contribution in [0.25, 0.3) is 0 Å². The Morgan fingerprint density at radius 3 is 1.90 bits per heavy atom. The van der Waals surface area contributed by atoms with Crippen molar-refractivity contribution in [2.45, 2.75) is 78.0 Å². The number of halogens is 3. The summed E-state index contributed by atoms with van der Waals surface area (Å²) in [7, 11) is 1.60. The van der Waals surface area contributed by atoms with E-state index in [2.05, 4.69) is 11.7 Å². The van der Waals surface area contributed by atoms with Gasteiger partial charge in [-0.2, -0.15) is 13.2 Å². The quantitative estimate of drug-likeness (QED) is 0.545. The number of aryl methyl sites for hydroxylation is 1. The Bertz CT molecular complexity index is 687. The van der Waals surface area contributed by atoms with E-state index in [9.17, 15) is 22.8 Å². The Morgan fingerprint density at radius 1 is 1.00 bits per heavy atom. The molecular formula is C23H33F3O4. The number of benzene rings is 1. The van der Waals surface area contributed by atoms with Crippen LogP contribution in [0, 0.1) is 12.3 Å². The van der Waals surface area contributed by atoms with Gasteiger partial charge in [-0.3, -0.25) is 9.59 Å². The van der Waals surface area contributed by atoms with Crippen LogP contribution in [-0.4, -0.2) is 37.1 Å². The van der Waals surface area contributed by atoms with Gasteiger partial charge in [0.2, 0.25) is 0 Å². The highest BCUT2D eigenvalue weighted by atomic mass is 19.4. The number of alkyl halides is 3. The number of Topliss-reactive ketones (excluding diaryl/α,β-unsaturated/α-hetero) is 2. The lowest BCUT2D eigenvalue weighted by molar-refractivity contribution is -0.153. The normalized spacial score (nSPS) is 23.9. The summed E-state index contributed by atoms with van der Waals surface area (Å²) in [6.45, 7) is 5.99. The molecule has 0 aromatic heterocycles. The van der Waals surface area contributed by atoms with Gasteiger partial charge in [-0.05, 0) is 65.0 Å². The minimum absolute atomic E-state index is 0.0913. The molecule has 0 saturated heterocycles. The topological polar surface area (TPSA) is 52.6 Å². The summed E-state index contributed by atoms with van der Waals surface area (Å²) in [6, 6.07) is 6.43. The highest BCUT2D eigenvalue weighted by Crippen LogP contribution is 2.46. The zero-order valence-electron chi connectivity index (χ0n) is 18.5. The molecule has 0 atom stereocenters. The lowest BCUT2D eigenvalue weighted by atomic mass is 9.64. The molecule has 1 aliphatic rings. The van der Waals surface area contributed by atoms with Crippen molar-refractivity contribution in [3.63, 3.8) is 0 Å². The van der Waals surface area contributed by atoms with Gasteiger partial charge in [-0.15, -0.1) is 0 Å². The summed E-state index contributed by atoms with van der Waals surface area (Å²) >= 11 is 0. The molecule has 1 aromatic carbocycles. The van der Waals surface area contributed by atoms with E-state index >= 15 is 0 Å². The van der Waals surface area contributed by atoms with Crippen LogP contribution >= 0.6 is 0 Å². The van der Waals surface area contributed by atoms with E-state index in [1.807, 2.05) is 6.92 Å². The van der Waals surface area contributed by atoms with Crippen LogP contribution in [0.5, 0.6) is 5.75 Å². The predicted octanol–water partition coefficient (Wildman–Crippen LogP) is 5.85. The molecule has 2 rings (SSSR count). The van der Waals surface area contributed by atoms with Crippen molar-refractivity contribution in [3.8, 4) is 5.75 Å². The van der Waals surface area contributed by atoms with E-state index < -0.39 is 18.4 Å². The second kappa shape index (κ2) is 10.9. The number of methoxy groups -OCH3 is 1. The van der Waals surface area contributed by atoms with Gasteiger partial charge >= 0.3 is 6.18 Å². The molecule has 7 heteroatoms. The summed E-state index contributed by atoms with van der Waals surface area (Å²) in [5, 5.41) is 0. The maximum absolute atomic E-state index is 11.9. The summed E-state index contributed by atoms with van der Waals surface area (Å²) in [6.07, 6.45) is 0.592. The number of ketones is 2. The van der Waals surface area contributed by atoms with Crippen molar-refractivity contribution in [2.75, 3.05) is 13.7 Å². The third-order valence-electron chi connectivity index (χ3n) is 5.95. The first-order chi connectivity index (χ1) is 13.9. The number of hydrogen-bond donors (Lipinski definition) is 0. The number of carbonyl (C=O) groups is 2. The van der Waals surface area contributed by atoms with Crippen molar-refractivity contribution in [1.82, 2.24) is 0 Å². The van der Waals surface area contributed by atoms with Crippen LogP contribution in [-0.2, 0) is 14.3 Å². The van der Waals surface area contributed by atoms with Gasteiger partial charge in [0.15, 0.2) is 12.4 Å². The minimum atomic E-state index is -4.27. The summed E-state index contributed by atoms with van der Waals surface area (Å²) in [5.74, 6) is 0.601. The lowest BCUT2D eigenvalue weighted by Gasteiger charge is -2.43. The maximum Gasteiger partial charge on any atom is 0.422 e. The summed E-state index contributed by atoms with van der Waals surface area (Å²) < 4.78 is 45.0. The molecule has 1 aromatic rings. The fourth-order valence-corrected chi connectivity index (χ4v) is 3.89. The molecule has 0 N–H and O–H groups in total. The van der Waals surface area contributed by atoms with Gasteiger partial charge in [0, 0.05) is 12.5 Å². The van der Waals surface area contributed by atoms with Crippen molar-refractivity contribution in [3.05, 3.63) is 29.8 Å². The van der Waals surface area contributed by atoms with Crippen LogP contribution in [0.4, 0.5) is 13.2 Å². The molecule has 0 spiro atoms. The van der Waals surface area contributed by atoms with E-state index in [1.54, 1.807) is 33.1 Å². The van der Waals surface area contributed by atoms with Crippen molar-refractivity contribution in [2.24, 2.45) is 5.41 Å². The molecule has 0 bridgehead atoms. The van der Waals surface area contributed by atoms with Gasteiger partial charge in [-0.25, -0.2) is 0 Å². The highest BCUT2D eigenvalue weighted by molar-refractivity contribution is 5.87. The lowest BCUT2D eigenvalue weighted by Crippen LogP contribution is -2.47. The molecule has 4 nitrogen and oxygen atoms in total. The largest absolute Gasteiger partial charge is 0.484 e. The Balaban J connectivity index is 0.000000311.